The van der Waals surface area contributed by atoms with Crippen molar-refractivity contribution in [3.63, 3.8) is 0 Å². The Balaban J connectivity index is 1.58. The monoisotopic (exact) mass is 399 g/mol. The summed E-state index contributed by atoms with van der Waals surface area (Å²) in [5.41, 5.74) is 8.04. The Morgan fingerprint density at radius 2 is 1.57 bits per heavy atom. The summed E-state index contributed by atoms with van der Waals surface area (Å²) in [5.74, 6) is -1.39. The Morgan fingerprint density at radius 1 is 0.867 bits per heavy atom. The largest absolute Gasteiger partial charge is 0.425 e. The van der Waals surface area contributed by atoms with Crippen LogP contribution in [-0.4, -0.2) is 29.9 Å². The second-order valence-electron chi connectivity index (χ2n) is 7.56. The SMILES string of the molecule is NC(=O)C1CNCC(C(=O)Oc2cccc3ccccc23)c2[nH]c3ccccc3c21. The summed E-state index contributed by atoms with van der Waals surface area (Å²) < 4.78 is 5.86. The molecule has 0 saturated heterocycles. The maximum Gasteiger partial charge on any atom is 0.321 e. The summed E-state index contributed by atoms with van der Waals surface area (Å²) in [7, 11) is 0. The van der Waals surface area contributed by atoms with Crippen LogP contribution in [0.2, 0.25) is 0 Å². The van der Waals surface area contributed by atoms with E-state index >= 15 is 0 Å². The molecule has 4 aromatic rings. The number of para-hydroxylation sites is 1. The molecule has 0 radical (unpaired) electrons. The van der Waals surface area contributed by atoms with Crippen LogP contribution in [0.15, 0.2) is 66.7 Å². The van der Waals surface area contributed by atoms with Gasteiger partial charge in [-0.3, -0.25) is 9.59 Å². The standard InChI is InChI=1S/C24H21N3O3/c25-23(28)17-12-26-13-18(22-21(17)16-9-3-4-10-19(16)27-22)24(29)30-20-11-5-7-14-6-1-2-8-15(14)20/h1-11,17-18,26-27H,12-13H2,(H2,25,28). The van der Waals surface area contributed by atoms with E-state index in [9.17, 15) is 9.59 Å². The summed E-state index contributed by atoms with van der Waals surface area (Å²) in [4.78, 5) is 28.8. The molecule has 0 saturated carbocycles. The number of esters is 1. The van der Waals surface area contributed by atoms with E-state index in [-0.39, 0.29) is 5.97 Å². The van der Waals surface area contributed by atoms with Gasteiger partial charge in [-0.15, -0.1) is 0 Å². The van der Waals surface area contributed by atoms with Gasteiger partial charge in [-0.1, -0.05) is 54.6 Å². The van der Waals surface area contributed by atoms with E-state index < -0.39 is 17.7 Å². The van der Waals surface area contributed by atoms with E-state index in [2.05, 4.69) is 10.3 Å². The van der Waals surface area contributed by atoms with Crippen LogP contribution in [0.1, 0.15) is 23.1 Å². The van der Waals surface area contributed by atoms with Crippen molar-refractivity contribution < 1.29 is 14.3 Å². The molecule has 5 rings (SSSR count). The molecule has 2 heterocycles. The molecule has 3 aromatic carbocycles. The molecule has 0 aliphatic carbocycles. The van der Waals surface area contributed by atoms with Crippen molar-refractivity contribution in [1.29, 1.82) is 0 Å². The van der Waals surface area contributed by atoms with Crippen molar-refractivity contribution in [2.24, 2.45) is 5.73 Å². The number of hydrogen-bond donors (Lipinski definition) is 3. The fourth-order valence-corrected chi connectivity index (χ4v) is 4.32. The lowest BCUT2D eigenvalue weighted by atomic mass is 9.92. The van der Waals surface area contributed by atoms with Crippen molar-refractivity contribution in [2.45, 2.75) is 11.8 Å². The highest BCUT2D eigenvalue weighted by Gasteiger charge is 2.35. The van der Waals surface area contributed by atoms with Crippen molar-refractivity contribution in [3.8, 4) is 5.75 Å². The van der Waals surface area contributed by atoms with E-state index in [1.165, 1.54) is 0 Å². The molecule has 1 aliphatic heterocycles. The molecular weight excluding hydrogens is 378 g/mol. The van der Waals surface area contributed by atoms with Crippen LogP contribution in [-0.2, 0) is 9.59 Å². The molecule has 1 aromatic heterocycles. The van der Waals surface area contributed by atoms with Gasteiger partial charge in [-0.25, -0.2) is 0 Å². The average molecular weight is 399 g/mol. The number of benzene rings is 3. The summed E-state index contributed by atoms with van der Waals surface area (Å²) >= 11 is 0. The molecule has 30 heavy (non-hydrogen) atoms. The Hall–Kier alpha value is -3.64. The summed E-state index contributed by atoms with van der Waals surface area (Å²) in [6.45, 7) is 0.732. The van der Waals surface area contributed by atoms with Gasteiger partial charge in [0.1, 0.15) is 11.7 Å². The lowest BCUT2D eigenvalue weighted by Crippen LogP contribution is -2.32. The molecule has 1 amide bonds. The van der Waals surface area contributed by atoms with Gasteiger partial charge in [0.05, 0.1) is 5.92 Å². The number of nitrogens with two attached hydrogens (primary N) is 1. The normalized spacial score (nSPS) is 18.7. The smallest absolute Gasteiger partial charge is 0.321 e. The van der Waals surface area contributed by atoms with E-state index in [4.69, 9.17) is 10.5 Å². The number of hydrogen-bond acceptors (Lipinski definition) is 4. The summed E-state index contributed by atoms with van der Waals surface area (Å²) in [6.07, 6.45) is 0. The molecule has 150 valence electrons. The Morgan fingerprint density at radius 3 is 2.40 bits per heavy atom. The van der Waals surface area contributed by atoms with Crippen LogP contribution < -0.4 is 15.8 Å². The molecule has 0 fully saturated rings. The minimum atomic E-state index is -0.587. The number of H-pyrrole nitrogens is 1. The first kappa shape index (κ1) is 18.4. The summed E-state index contributed by atoms with van der Waals surface area (Å²) in [6, 6.07) is 21.1. The number of rotatable bonds is 3. The maximum atomic E-state index is 13.3. The third-order valence-corrected chi connectivity index (χ3v) is 5.76. The fraction of sp³-hybridized carbons (Fsp3) is 0.167. The van der Waals surface area contributed by atoms with Crippen molar-refractivity contribution in [2.75, 3.05) is 13.1 Å². The third kappa shape index (κ3) is 3.02. The van der Waals surface area contributed by atoms with Gasteiger partial charge >= 0.3 is 5.97 Å². The highest BCUT2D eigenvalue weighted by molar-refractivity contribution is 5.96. The first-order valence-electron chi connectivity index (χ1n) is 9.93. The number of aromatic nitrogens is 1. The van der Waals surface area contributed by atoms with Crippen LogP contribution in [0.3, 0.4) is 0 Å². The van der Waals surface area contributed by atoms with Crippen LogP contribution in [0.5, 0.6) is 5.75 Å². The number of primary amides is 1. The lowest BCUT2D eigenvalue weighted by molar-refractivity contribution is -0.136. The van der Waals surface area contributed by atoms with Crippen LogP contribution >= 0.6 is 0 Å². The molecule has 2 unspecified atom stereocenters. The average Bonchev–Trinajstić information content (AvgIpc) is 3.01. The minimum absolute atomic E-state index is 0.354. The van der Waals surface area contributed by atoms with Gasteiger partial charge in [0, 0.05) is 35.1 Å². The molecule has 1 aliphatic rings. The van der Waals surface area contributed by atoms with Crippen LogP contribution in [0.25, 0.3) is 21.7 Å². The summed E-state index contributed by atoms with van der Waals surface area (Å²) in [5, 5.41) is 5.99. The van der Waals surface area contributed by atoms with Gasteiger partial charge in [-0.2, -0.15) is 0 Å². The molecule has 0 spiro atoms. The fourth-order valence-electron chi connectivity index (χ4n) is 4.32. The predicted molar refractivity (Wildman–Crippen MR) is 115 cm³/mol. The number of ether oxygens (including phenoxy) is 1. The van der Waals surface area contributed by atoms with Crippen molar-refractivity contribution in [1.82, 2.24) is 10.3 Å². The number of nitrogens with one attached hydrogen (secondary N) is 2. The minimum Gasteiger partial charge on any atom is -0.425 e. The van der Waals surface area contributed by atoms with E-state index in [1.54, 1.807) is 6.07 Å². The van der Waals surface area contributed by atoms with Crippen LogP contribution in [0.4, 0.5) is 0 Å². The van der Waals surface area contributed by atoms with E-state index in [0.29, 0.717) is 24.5 Å². The molecule has 0 bridgehead atoms. The first-order chi connectivity index (χ1) is 14.6. The first-order valence-corrected chi connectivity index (χ1v) is 9.93. The quantitative estimate of drug-likeness (QED) is 0.364. The molecule has 6 nitrogen and oxygen atoms in total. The number of carbonyl (C=O) groups is 2. The van der Waals surface area contributed by atoms with Gasteiger partial charge in [0.15, 0.2) is 0 Å². The number of carbonyl (C=O) groups excluding carboxylic acids is 2. The lowest BCUT2D eigenvalue weighted by Gasteiger charge is -2.15. The number of fused-ring (bicyclic) bond motifs is 4. The van der Waals surface area contributed by atoms with Gasteiger partial charge in [-0.05, 0) is 23.1 Å². The van der Waals surface area contributed by atoms with E-state index in [0.717, 1.165) is 27.2 Å². The Kier molecular flexibility index (Phi) is 4.48. The van der Waals surface area contributed by atoms with Crippen molar-refractivity contribution in [3.05, 3.63) is 78.0 Å². The maximum absolute atomic E-state index is 13.3. The molecule has 2 atom stereocenters. The zero-order chi connectivity index (χ0) is 20.7. The van der Waals surface area contributed by atoms with Gasteiger partial charge in [0.25, 0.3) is 0 Å². The van der Waals surface area contributed by atoms with E-state index in [1.807, 2.05) is 60.7 Å². The second kappa shape index (κ2) is 7.31. The second-order valence-corrected chi connectivity index (χ2v) is 7.56. The molecule has 4 N–H and O–H groups in total. The highest BCUT2D eigenvalue weighted by Crippen LogP contribution is 2.36. The van der Waals surface area contributed by atoms with Crippen LogP contribution in [0, 0.1) is 0 Å². The zero-order valence-corrected chi connectivity index (χ0v) is 16.2. The highest BCUT2D eigenvalue weighted by atomic mass is 16.5. The third-order valence-electron chi connectivity index (χ3n) is 5.76. The van der Waals surface area contributed by atoms with Gasteiger partial charge in [0.2, 0.25) is 5.91 Å². The predicted octanol–water partition coefficient (Wildman–Crippen LogP) is 3.18. The Labute approximate surface area is 173 Å². The van der Waals surface area contributed by atoms with Gasteiger partial charge < -0.3 is 20.8 Å². The number of amides is 1. The topological polar surface area (TPSA) is 97.2 Å². The molecule has 6 heteroatoms. The number of aromatic amines is 1. The zero-order valence-electron chi connectivity index (χ0n) is 16.2. The molecular formula is C24H21N3O3. The Bertz CT molecular complexity index is 1270. The van der Waals surface area contributed by atoms with Crippen molar-refractivity contribution >= 4 is 33.6 Å².